The van der Waals surface area contributed by atoms with Gasteiger partial charge in [0.1, 0.15) is 5.76 Å². The molecule has 0 aliphatic carbocycles. The van der Waals surface area contributed by atoms with E-state index in [1.165, 1.54) is 0 Å². The summed E-state index contributed by atoms with van der Waals surface area (Å²) in [4.78, 5) is 16.8. The summed E-state index contributed by atoms with van der Waals surface area (Å²) in [6.07, 6.45) is 1.62. The van der Waals surface area contributed by atoms with E-state index in [4.69, 9.17) is 9.15 Å². The summed E-state index contributed by atoms with van der Waals surface area (Å²) < 4.78 is 10.4. The molecule has 0 spiro atoms. The van der Waals surface area contributed by atoms with Crippen molar-refractivity contribution in [2.24, 2.45) is 0 Å². The molecule has 0 aromatic carbocycles. The first-order valence-electron chi connectivity index (χ1n) is 7.88. The zero-order valence-electron chi connectivity index (χ0n) is 13.7. The van der Waals surface area contributed by atoms with Crippen molar-refractivity contribution in [3.05, 3.63) is 24.2 Å². The van der Waals surface area contributed by atoms with Crippen molar-refractivity contribution in [2.45, 2.75) is 25.9 Å². The summed E-state index contributed by atoms with van der Waals surface area (Å²) in [5, 5.41) is 2.98. The number of nitrogens with zero attached hydrogens (tertiary/aromatic N) is 2. The number of piperazine rings is 1. The van der Waals surface area contributed by atoms with Crippen molar-refractivity contribution in [1.29, 1.82) is 0 Å². The maximum atomic E-state index is 12.1. The first-order valence-corrected chi connectivity index (χ1v) is 7.88. The summed E-state index contributed by atoms with van der Waals surface area (Å²) >= 11 is 0. The van der Waals surface area contributed by atoms with Crippen molar-refractivity contribution in [3.63, 3.8) is 0 Å². The van der Waals surface area contributed by atoms with Crippen molar-refractivity contribution >= 4 is 5.91 Å². The third-order valence-electron chi connectivity index (χ3n) is 4.15. The van der Waals surface area contributed by atoms with Crippen LogP contribution in [0.5, 0.6) is 0 Å². The normalized spacial score (nSPS) is 21.7. The van der Waals surface area contributed by atoms with E-state index in [0.717, 1.165) is 38.5 Å². The summed E-state index contributed by atoms with van der Waals surface area (Å²) in [5.74, 6) is 0.826. The number of nitrogens with one attached hydrogen (secondary N) is 1. The molecule has 1 N–H and O–H groups in total. The number of ether oxygens (including phenoxy) is 1. The number of methoxy groups -OCH3 is 1. The van der Waals surface area contributed by atoms with Crippen LogP contribution in [-0.2, 0) is 9.53 Å². The van der Waals surface area contributed by atoms with Crippen molar-refractivity contribution in [1.82, 2.24) is 15.1 Å². The standard InChI is InChI=1S/C16H27N3O3/c1-13-11-18(6-7-19(13)8-10-21-3)12-16(20)17-14(2)15-5-4-9-22-15/h4-5,9,13-14H,6-8,10-12H2,1-3H3,(H,17,20)/t13-,14+/m0/s1. The molecule has 2 rings (SSSR count). The highest BCUT2D eigenvalue weighted by molar-refractivity contribution is 5.78. The van der Waals surface area contributed by atoms with Crippen LogP contribution in [0.4, 0.5) is 0 Å². The molecule has 0 bridgehead atoms. The van der Waals surface area contributed by atoms with Gasteiger partial charge in [-0.15, -0.1) is 0 Å². The lowest BCUT2D eigenvalue weighted by molar-refractivity contribution is -0.123. The zero-order chi connectivity index (χ0) is 15.9. The van der Waals surface area contributed by atoms with E-state index in [-0.39, 0.29) is 11.9 Å². The molecule has 1 aromatic heterocycles. The molecule has 0 saturated carbocycles. The second-order valence-electron chi connectivity index (χ2n) is 5.92. The molecule has 2 heterocycles. The Morgan fingerprint density at radius 1 is 1.55 bits per heavy atom. The molecule has 0 radical (unpaired) electrons. The number of furan rings is 1. The van der Waals surface area contributed by atoms with Gasteiger partial charge < -0.3 is 14.5 Å². The predicted octanol–water partition coefficient (Wildman–Crippen LogP) is 1.11. The third kappa shape index (κ3) is 4.83. The largest absolute Gasteiger partial charge is 0.467 e. The second kappa shape index (κ2) is 8.31. The second-order valence-corrected chi connectivity index (χ2v) is 5.92. The Bertz CT molecular complexity index is 449. The highest BCUT2D eigenvalue weighted by Gasteiger charge is 2.25. The van der Waals surface area contributed by atoms with E-state index in [1.54, 1.807) is 13.4 Å². The van der Waals surface area contributed by atoms with Crippen molar-refractivity contribution in [2.75, 3.05) is 46.4 Å². The van der Waals surface area contributed by atoms with Gasteiger partial charge in [0.15, 0.2) is 0 Å². The lowest BCUT2D eigenvalue weighted by Crippen LogP contribution is -2.54. The zero-order valence-corrected chi connectivity index (χ0v) is 13.7. The SMILES string of the molecule is COCCN1CCN(CC(=O)N[C@H](C)c2ccco2)C[C@@H]1C. The first-order chi connectivity index (χ1) is 10.6. The van der Waals surface area contributed by atoms with Gasteiger partial charge in [-0.25, -0.2) is 0 Å². The number of hydrogen-bond donors (Lipinski definition) is 1. The summed E-state index contributed by atoms with van der Waals surface area (Å²) in [6.45, 7) is 9.08. The van der Waals surface area contributed by atoms with Crippen LogP contribution in [0.15, 0.2) is 22.8 Å². The monoisotopic (exact) mass is 309 g/mol. The van der Waals surface area contributed by atoms with Crippen LogP contribution >= 0.6 is 0 Å². The molecule has 124 valence electrons. The lowest BCUT2D eigenvalue weighted by atomic mass is 10.2. The molecular weight excluding hydrogens is 282 g/mol. The molecular formula is C16H27N3O3. The number of hydrogen-bond acceptors (Lipinski definition) is 5. The van der Waals surface area contributed by atoms with E-state index in [2.05, 4.69) is 22.0 Å². The molecule has 1 aliphatic heterocycles. The average molecular weight is 309 g/mol. The van der Waals surface area contributed by atoms with E-state index in [9.17, 15) is 4.79 Å². The van der Waals surface area contributed by atoms with Gasteiger partial charge in [0.2, 0.25) is 5.91 Å². The van der Waals surface area contributed by atoms with E-state index in [0.29, 0.717) is 12.6 Å². The molecule has 1 amide bonds. The fourth-order valence-corrected chi connectivity index (χ4v) is 2.85. The van der Waals surface area contributed by atoms with Crippen LogP contribution in [0.1, 0.15) is 25.6 Å². The first kappa shape index (κ1) is 17.0. The maximum absolute atomic E-state index is 12.1. The third-order valence-corrected chi connectivity index (χ3v) is 4.15. The van der Waals surface area contributed by atoms with Gasteiger partial charge >= 0.3 is 0 Å². The van der Waals surface area contributed by atoms with Crippen LogP contribution in [-0.4, -0.2) is 68.2 Å². The highest BCUT2D eigenvalue weighted by Crippen LogP contribution is 2.13. The van der Waals surface area contributed by atoms with E-state index >= 15 is 0 Å². The molecule has 6 heteroatoms. The number of amides is 1. The molecule has 1 fully saturated rings. The minimum atomic E-state index is -0.0945. The van der Waals surface area contributed by atoms with Crippen molar-refractivity contribution < 1.29 is 13.9 Å². The van der Waals surface area contributed by atoms with Gasteiger partial charge in [-0.05, 0) is 26.0 Å². The van der Waals surface area contributed by atoms with Gasteiger partial charge in [-0.3, -0.25) is 14.6 Å². The molecule has 1 aromatic rings. The Morgan fingerprint density at radius 3 is 3.00 bits per heavy atom. The molecule has 1 aliphatic rings. The molecule has 2 atom stereocenters. The molecule has 0 unspecified atom stereocenters. The number of carbonyl (C=O) groups is 1. The van der Waals surface area contributed by atoms with Crippen LogP contribution in [0, 0.1) is 0 Å². The maximum Gasteiger partial charge on any atom is 0.234 e. The number of carbonyl (C=O) groups excluding carboxylic acids is 1. The fourth-order valence-electron chi connectivity index (χ4n) is 2.85. The highest BCUT2D eigenvalue weighted by atomic mass is 16.5. The average Bonchev–Trinajstić information content (AvgIpc) is 3.00. The predicted molar refractivity (Wildman–Crippen MR) is 84.6 cm³/mol. The molecule has 1 saturated heterocycles. The Kier molecular flexibility index (Phi) is 6.42. The quantitative estimate of drug-likeness (QED) is 0.818. The number of rotatable bonds is 7. The summed E-state index contributed by atoms with van der Waals surface area (Å²) in [6, 6.07) is 4.06. The minimum Gasteiger partial charge on any atom is -0.467 e. The van der Waals surface area contributed by atoms with Crippen molar-refractivity contribution in [3.8, 4) is 0 Å². The fraction of sp³-hybridized carbons (Fsp3) is 0.688. The van der Waals surface area contributed by atoms with Crippen LogP contribution < -0.4 is 5.32 Å². The van der Waals surface area contributed by atoms with Gasteiger partial charge in [-0.1, -0.05) is 0 Å². The topological polar surface area (TPSA) is 58.0 Å². The minimum absolute atomic E-state index is 0.0430. The van der Waals surface area contributed by atoms with Gasteiger partial charge in [0, 0.05) is 39.3 Å². The molecule has 6 nitrogen and oxygen atoms in total. The van der Waals surface area contributed by atoms with Gasteiger partial charge in [-0.2, -0.15) is 0 Å². The Morgan fingerprint density at radius 2 is 2.36 bits per heavy atom. The Hall–Kier alpha value is -1.37. The lowest BCUT2D eigenvalue weighted by Gasteiger charge is -2.39. The smallest absolute Gasteiger partial charge is 0.234 e. The Balaban J connectivity index is 1.74. The Labute approximate surface area is 132 Å². The summed E-state index contributed by atoms with van der Waals surface area (Å²) in [5.41, 5.74) is 0. The van der Waals surface area contributed by atoms with Crippen LogP contribution in [0.25, 0.3) is 0 Å². The van der Waals surface area contributed by atoms with Gasteiger partial charge in [0.05, 0.1) is 25.5 Å². The van der Waals surface area contributed by atoms with E-state index < -0.39 is 0 Å². The summed E-state index contributed by atoms with van der Waals surface area (Å²) in [7, 11) is 1.73. The van der Waals surface area contributed by atoms with Gasteiger partial charge in [0.25, 0.3) is 0 Å². The molecule has 22 heavy (non-hydrogen) atoms. The van der Waals surface area contributed by atoms with E-state index in [1.807, 2.05) is 19.1 Å². The van der Waals surface area contributed by atoms with Crippen LogP contribution in [0.3, 0.4) is 0 Å². The van der Waals surface area contributed by atoms with Crippen LogP contribution in [0.2, 0.25) is 0 Å².